The summed E-state index contributed by atoms with van der Waals surface area (Å²) in [5.74, 6) is 1.02. The molecule has 1 fully saturated rings. The number of amides is 1. The van der Waals surface area contributed by atoms with Crippen LogP contribution in [-0.2, 0) is 11.2 Å². The number of nitrogens with one attached hydrogen (secondary N) is 2. The lowest BCUT2D eigenvalue weighted by Crippen LogP contribution is -2.51. The van der Waals surface area contributed by atoms with E-state index in [-0.39, 0.29) is 5.91 Å². The lowest BCUT2D eigenvalue weighted by atomic mass is 10.0. The monoisotopic (exact) mass is 234 g/mol. The number of hydrogen-bond donors (Lipinski definition) is 2. The van der Waals surface area contributed by atoms with Crippen molar-refractivity contribution in [2.24, 2.45) is 0 Å². The molecule has 0 saturated carbocycles. The van der Waals surface area contributed by atoms with Crippen LogP contribution in [0.5, 0.6) is 5.75 Å². The van der Waals surface area contributed by atoms with Gasteiger partial charge in [-0.05, 0) is 24.5 Å². The minimum atomic E-state index is 0.0820. The van der Waals surface area contributed by atoms with E-state index in [1.165, 1.54) is 5.56 Å². The van der Waals surface area contributed by atoms with Gasteiger partial charge in [-0.2, -0.15) is 0 Å². The Kier molecular flexibility index (Phi) is 3.98. The van der Waals surface area contributed by atoms with Gasteiger partial charge in [-0.3, -0.25) is 4.79 Å². The molecule has 4 nitrogen and oxygen atoms in total. The number of carbonyl (C=O) groups excluding carboxylic acids is 1. The highest BCUT2D eigenvalue weighted by molar-refractivity contribution is 5.78. The average molecular weight is 234 g/mol. The Hall–Kier alpha value is -1.55. The first-order valence-corrected chi connectivity index (χ1v) is 5.91. The van der Waals surface area contributed by atoms with Gasteiger partial charge < -0.3 is 15.4 Å². The van der Waals surface area contributed by atoms with Gasteiger partial charge in [-0.1, -0.05) is 18.2 Å². The van der Waals surface area contributed by atoms with E-state index in [0.717, 1.165) is 18.6 Å². The van der Waals surface area contributed by atoms with E-state index >= 15 is 0 Å². The molecule has 1 amide bonds. The van der Waals surface area contributed by atoms with Crippen LogP contribution in [0.2, 0.25) is 0 Å². The summed E-state index contributed by atoms with van der Waals surface area (Å²) in [6.45, 7) is 1.14. The van der Waals surface area contributed by atoms with Crippen molar-refractivity contribution in [2.75, 3.05) is 20.2 Å². The van der Waals surface area contributed by atoms with Crippen molar-refractivity contribution >= 4 is 5.91 Å². The quantitative estimate of drug-likeness (QED) is 0.807. The molecule has 1 aliphatic rings. The third kappa shape index (κ3) is 3.20. The van der Waals surface area contributed by atoms with Crippen LogP contribution in [0.25, 0.3) is 0 Å². The number of benzene rings is 1. The molecule has 0 aromatic heterocycles. The van der Waals surface area contributed by atoms with Gasteiger partial charge in [0.05, 0.1) is 13.7 Å². The highest BCUT2D eigenvalue weighted by atomic mass is 16.5. The van der Waals surface area contributed by atoms with Crippen molar-refractivity contribution in [3.8, 4) is 5.75 Å². The molecule has 2 N–H and O–H groups in total. The third-order valence-corrected chi connectivity index (χ3v) is 3.05. The first-order valence-electron chi connectivity index (χ1n) is 5.91. The molecule has 92 valence electrons. The van der Waals surface area contributed by atoms with Gasteiger partial charge in [0, 0.05) is 12.6 Å². The van der Waals surface area contributed by atoms with E-state index in [1.807, 2.05) is 18.2 Å². The lowest BCUT2D eigenvalue weighted by Gasteiger charge is -2.24. The van der Waals surface area contributed by atoms with Crippen molar-refractivity contribution in [1.82, 2.24) is 10.6 Å². The first kappa shape index (κ1) is 11.9. The van der Waals surface area contributed by atoms with E-state index in [2.05, 4.69) is 16.7 Å². The van der Waals surface area contributed by atoms with Crippen molar-refractivity contribution < 1.29 is 9.53 Å². The number of rotatable bonds is 4. The molecule has 1 atom stereocenters. The van der Waals surface area contributed by atoms with Crippen LogP contribution in [0.4, 0.5) is 0 Å². The first-order chi connectivity index (χ1) is 8.29. The van der Waals surface area contributed by atoms with E-state index in [9.17, 15) is 4.79 Å². The summed E-state index contributed by atoms with van der Waals surface area (Å²) < 4.78 is 5.31. The van der Waals surface area contributed by atoms with Crippen LogP contribution in [0.15, 0.2) is 24.3 Å². The summed E-state index contributed by atoms with van der Waals surface area (Å²) in [4.78, 5) is 11.0. The Bertz CT molecular complexity index is 383. The molecule has 1 unspecified atom stereocenters. The van der Waals surface area contributed by atoms with Crippen LogP contribution in [-0.4, -0.2) is 32.1 Å². The molecular weight excluding hydrogens is 216 g/mol. The summed E-state index contributed by atoms with van der Waals surface area (Å²) in [5, 5.41) is 6.09. The molecule has 1 heterocycles. The highest BCUT2D eigenvalue weighted by Crippen LogP contribution is 2.19. The van der Waals surface area contributed by atoms with Gasteiger partial charge in [0.1, 0.15) is 5.75 Å². The second kappa shape index (κ2) is 5.68. The number of hydrogen-bond acceptors (Lipinski definition) is 3. The van der Waals surface area contributed by atoms with E-state index in [4.69, 9.17) is 4.74 Å². The fourth-order valence-corrected chi connectivity index (χ4v) is 2.05. The van der Waals surface area contributed by atoms with Crippen molar-refractivity contribution in [2.45, 2.75) is 18.9 Å². The highest BCUT2D eigenvalue weighted by Gasteiger charge is 2.16. The maximum Gasteiger partial charge on any atom is 0.234 e. The summed E-state index contributed by atoms with van der Waals surface area (Å²) in [5.41, 5.74) is 1.22. The third-order valence-electron chi connectivity index (χ3n) is 3.05. The number of methoxy groups -OCH3 is 1. The van der Waals surface area contributed by atoms with Crippen LogP contribution in [0, 0.1) is 0 Å². The van der Waals surface area contributed by atoms with E-state index in [0.29, 0.717) is 19.1 Å². The SMILES string of the molecule is COc1ccccc1CCC1CNC(=O)CN1. The zero-order chi connectivity index (χ0) is 12.1. The summed E-state index contributed by atoms with van der Waals surface area (Å²) >= 11 is 0. The zero-order valence-electron chi connectivity index (χ0n) is 10.0. The number of piperazine rings is 1. The van der Waals surface area contributed by atoms with Gasteiger partial charge in [0.25, 0.3) is 0 Å². The van der Waals surface area contributed by atoms with Gasteiger partial charge in [-0.15, -0.1) is 0 Å². The van der Waals surface area contributed by atoms with Crippen molar-refractivity contribution in [3.05, 3.63) is 29.8 Å². The molecule has 1 aliphatic heterocycles. The van der Waals surface area contributed by atoms with Gasteiger partial charge >= 0.3 is 0 Å². The molecule has 1 aromatic rings. The number of para-hydroxylation sites is 1. The Morgan fingerprint density at radius 3 is 2.94 bits per heavy atom. The van der Waals surface area contributed by atoms with Crippen molar-refractivity contribution in [1.29, 1.82) is 0 Å². The van der Waals surface area contributed by atoms with Gasteiger partial charge in [0.15, 0.2) is 0 Å². The molecule has 2 rings (SSSR count). The molecule has 0 aliphatic carbocycles. The molecule has 4 heteroatoms. The predicted molar refractivity (Wildman–Crippen MR) is 66.1 cm³/mol. The molecular formula is C13H18N2O2. The normalized spacial score (nSPS) is 19.8. The predicted octanol–water partition coefficient (Wildman–Crippen LogP) is 0.716. The van der Waals surface area contributed by atoms with Crippen LogP contribution < -0.4 is 15.4 Å². The number of ether oxygens (including phenoxy) is 1. The molecule has 1 aromatic carbocycles. The summed E-state index contributed by atoms with van der Waals surface area (Å²) in [6.07, 6.45) is 1.96. The standard InChI is InChI=1S/C13H18N2O2/c1-17-12-5-3-2-4-10(12)6-7-11-8-15-13(16)9-14-11/h2-5,11,14H,6-9H2,1H3,(H,15,16). The number of carbonyl (C=O) groups is 1. The fourth-order valence-electron chi connectivity index (χ4n) is 2.05. The molecule has 0 spiro atoms. The largest absolute Gasteiger partial charge is 0.496 e. The summed E-state index contributed by atoms with van der Waals surface area (Å²) in [7, 11) is 1.69. The average Bonchev–Trinajstić information content (AvgIpc) is 2.38. The van der Waals surface area contributed by atoms with Crippen LogP contribution in [0.3, 0.4) is 0 Å². The Balaban J connectivity index is 1.87. The Morgan fingerprint density at radius 2 is 2.24 bits per heavy atom. The maximum absolute atomic E-state index is 11.0. The lowest BCUT2D eigenvalue weighted by molar-refractivity contribution is -0.121. The summed E-state index contributed by atoms with van der Waals surface area (Å²) in [6, 6.07) is 8.42. The molecule has 17 heavy (non-hydrogen) atoms. The Labute approximate surface area is 101 Å². The second-order valence-electron chi connectivity index (χ2n) is 4.23. The van der Waals surface area contributed by atoms with E-state index < -0.39 is 0 Å². The molecule has 0 bridgehead atoms. The topological polar surface area (TPSA) is 50.4 Å². The second-order valence-corrected chi connectivity index (χ2v) is 4.23. The van der Waals surface area contributed by atoms with Crippen molar-refractivity contribution in [3.63, 3.8) is 0 Å². The zero-order valence-corrected chi connectivity index (χ0v) is 10.0. The number of aryl methyl sites for hydroxylation is 1. The minimum Gasteiger partial charge on any atom is -0.496 e. The minimum absolute atomic E-state index is 0.0820. The van der Waals surface area contributed by atoms with Gasteiger partial charge in [0.2, 0.25) is 5.91 Å². The maximum atomic E-state index is 11.0. The van der Waals surface area contributed by atoms with Crippen LogP contribution >= 0.6 is 0 Å². The van der Waals surface area contributed by atoms with Gasteiger partial charge in [-0.25, -0.2) is 0 Å². The van der Waals surface area contributed by atoms with Crippen LogP contribution in [0.1, 0.15) is 12.0 Å². The Morgan fingerprint density at radius 1 is 1.41 bits per heavy atom. The van der Waals surface area contributed by atoms with E-state index in [1.54, 1.807) is 7.11 Å². The smallest absolute Gasteiger partial charge is 0.234 e. The fraction of sp³-hybridized carbons (Fsp3) is 0.462. The molecule has 1 saturated heterocycles. The molecule has 0 radical (unpaired) electrons.